The Labute approximate surface area is 140 Å². The summed E-state index contributed by atoms with van der Waals surface area (Å²) in [6.07, 6.45) is 2.55. The zero-order valence-electron chi connectivity index (χ0n) is 13.5. The first-order valence-corrected chi connectivity index (χ1v) is 7.70. The number of aromatic nitrogens is 1. The molecule has 24 heavy (non-hydrogen) atoms. The number of benzene rings is 1. The number of nitrogens with two attached hydrogens (primary N) is 1. The van der Waals surface area contributed by atoms with E-state index in [9.17, 15) is 0 Å². The highest BCUT2D eigenvalue weighted by Crippen LogP contribution is 2.32. The van der Waals surface area contributed by atoms with Crippen LogP contribution in [0.3, 0.4) is 0 Å². The molecule has 0 spiro atoms. The molecule has 1 aliphatic rings. The topological polar surface area (TPSA) is 91.0 Å². The van der Waals surface area contributed by atoms with Gasteiger partial charge in [0.05, 0.1) is 26.9 Å². The van der Waals surface area contributed by atoms with E-state index in [-0.39, 0.29) is 0 Å². The molecule has 0 unspecified atom stereocenters. The summed E-state index contributed by atoms with van der Waals surface area (Å²) < 4.78 is 16.4. The van der Waals surface area contributed by atoms with Crippen molar-refractivity contribution >= 4 is 11.6 Å². The van der Waals surface area contributed by atoms with Gasteiger partial charge in [-0.2, -0.15) is 0 Å². The van der Waals surface area contributed by atoms with Crippen LogP contribution in [-0.4, -0.2) is 31.3 Å². The second-order valence-corrected chi connectivity index (χ2v) is 5.24. The van der Waals surface area contributed by atoms with E-state index in [1.807, 2.05) is 30.3 Å². The fraction of sp³-hybridized carbons (Fsp3) is 0.294. The number of anilines is 1. The van der Waals surface area contributed by atoms with Gasteiger partial charge in [-0.05, 0) is 23.8 Å². The highest BCUT2D eigenvalue weighted by molar-refractivity contribution is 5.92. The summed E-state index contributed by atoms with van der Waals surface area (Å²) in [5, 5.41) is 3.06. The van der Waals surface area contributed by atoms with Crippen LogP contribution >= 0.6 is 0 Å². The Balaban J connectivity index is 1.65. The SMILES string of the molecule is COc1cc(CN=C(N)Nc2ccc3c(c2)OCCCO3)ccn1. The Hall–Kier alpha value is -2.96. The number of fused-ring (bicyclic) bond motifs is 1. The van der Waals surface area contributed by atoms with Crippen molar-refractivity contribution in [3.8, 4) is 17.4 Å². The summed E-state index contributed by atoms with van der Waals surface area (Å²) in [7, 11) is 1.58. The van der Waals surface area contributed by atoms with Crippen molar-refractivity contribution in [2.75, 3.05) is 25.6 Å². The first-order chi connectivity index (χ1) is 11.7. The Morgan fingerprint density at radius 2 is 2.08 bits per heavy atom. The molecule has 7 nitrogen and oxygen atoms in total. The minimum absolute atomic E-state index is 0.320. The minimum atomic E-state index is 0.320. The van der Waals surface area contributed by atoms with E-state index in [1.165, 1.54) is 0 Å². The molecule has 3 N–H and O–H groups in total. The van der Waals surface area contributed by atoms with Crippen LogP contribution in [0.25, 0.3) is 0 Å². The van der Waals surface area contributed by atoms with Crippen LogP contribution in [0.2, 0.25) is 0 Å². The molecule has 126 valence electrons. The second-order valence-electron chi connectivity index (χ2n) is 5.24. The highest BCUT2D eigenvalue weighted by Gasteiger charge is 2.10. The maximum Gasteiger partial charge on any atom is 0.213 e. The number of guanidine groups is 1. The molecule has 0 amide bonds. The zero-order chi connectivity index (χ0) is 16.8. The molecule has 2 heterocycles. The van der Waals surface area contributed by atoms with Crippen LogP contribution in [0.4, 0.5) is 5.69 Å². The van der Waals surface area contributed by atoms with Gasteiger partial charge in [-0.3, -0.25) is 0 Å². The lowest BCUT2D eigenvalue weighted by molar-refractivity contribution is 0.297. The standard InChI is InChI=1S/C17H20N4O3/c1-22-16-9-12(5-6-19-16)11-20-17(18)21-13-3-4-14-15(10-13)24-8-2-7-23-14/h3-6,9-10H,2,7-8,11H2,1H3,(H3,18,20,21). The maximum atomic E-state index is 5.95. The van der Waals surface area contributed by atoms with E-state index >= 15 is 0 Å². The first-order valence-electron chi connectivity index (χ1n) is 7.70. The third kappa shape index (κ3) is 4.07. The van der Waals surface area contributed by atoms with Gasteiger partial charge >= 0.3 is 0 Å². The van der Waals surface area contributed by atoms with Crippen molar-refractivity contribution in [3.63, 3.8) is 0 Å². The lowest BCUT2D eigenvalue weighted by Crippen LogP contribution is -2.22. The van der Waals surface area contributed by atoms with E-state index in [4.69, 9.17) is 19.9 Å². The zero-order valence-corrected chi connectivity index (χ0v) is 13.5. The number of rotatable bonds is 4. The summed E-state index contributed by atoms with van der Waals surface area (Å²) in [6, 6.07) is 9.30. The molecule has 0 radical (unpaired) electrons. The van der Waals surface area contributed by atoms with Crippen molar-refractivity contribution < 1.29 is 14.2 Å². The number of hydrogen-bond acceptors (Lipinski definition) is 5. The van der Waals surface area contributed by atoms with Crippen molar-refractivity contribution in [1.82, 2.24) is 4.98 Å². The van der Waals surface area contributed by atoms with Gasteiger partial charge in [0.2, 0.25) is 5.88 Å². The van der Waals surface area contributed by atoms with Crippen molar-refractivity contribution in [1.29, 1.82) is 0 Å². The molecule has 3 rings (SSSR count). The quantitative estimate of drug-likeness (QED) is 0.660. The minimum Gasteiger partial charge on any atom is -0.490 e. The number of ether oxygens (including phenoxy) is 3. The first kappa shape index (κ1) is 15.9. The van der Waals surface area contributed by atoms with Gasteiger partial charge in [-0.25, -0.2) is 9.98 Å². The van der Waals surface area contributed by atoms with Crippen molar-refractivity contribution in [2.24, 2.45) is 10.7 Å². The van der Waals surface area contributed by atoms with Gasteiger partial charge in [0.15, 0.2) is 17.5 Å². The number of methoxy groups -OCH3 is 1. The molecule has 2 aromatic rings. The van der Waals surface area contributed by atoms with E-state index in [2.05, 4.69) is 15.3 Å². The van der Waals surface area contributed by atoms with Crippen molar-refractivity contribution in [2.45, 2.75) is 13.0 Å². The molecule has 7 heteroatoms. The molecular weight excluding hydrogens is 308 g/mol. The van der Waals surface area contributed by atoms with Crippen molar-refractivity contribution in [3.05, 3.63) is 42.1 Å². The van der Waals surface area contributed by atoms with Crippen LogP contribution in [0.1, 0.15) is 12.0 Å². The number of pyridine rings is 1. The predicted molar refractivity (Wildman–Crippen MR) is 91.8 cm³/mol. The number of nitrogens with zero attached hydrogens (tertiary/aromatic N) is 2. The van der Waals surface area contributed by atoms with Gasteiger partial charge in [-0.15, -0.1) is 0 Å². The van der Waals surface area contributed by atoms with E-state index < -0.39 is 0 Å². The summed E-state index contributed by atoms with van der Waals surface area (Å²) in [6.45, 7) is 1.74. The van der Waals surface area contributed by atoms with E-state index in [1.54, 1.807) is 13.3 Å². The highest BCUT2D eigenvalue weighted by atomic mass is 16.5. The normalized spacial score (nSPS) is 14.0. The molecule has 0 saturated carbocycles. The van der Waals surface area contributed by atoms with Crippen LogP contribution in [0, 0.1) is 0 Å². The average molecular weight is 328 g/mol. The lowest BCUT2D eigenvalue weighted by atomic mass is 10.2. The molecule has 1 aromatic heterocycles. The molecule has 0 aliphatic carbocycles. The number of nitrogens with one attached hydrogen (secondary N) is 1. The third-order valence-electron chi connectivity index (χ3n) is 3.46. The van der Waals surface area contributed by atoms with Gasteiger partial charge in [0.1, 0.15) is 0 Å². The smallest absolute Gasteiger partial charge is 0.213 e. The Morgan fingerprint density at radius 3 is 2.92 bits per heavy atom. The van der Waals surface area contributed by atoms with Crippen LogP contribution in [0.5, 0.6) is 17.4 Å². The molecule has 0 saturated heterocycles. The summed E-state index contributed by atoms with van der Waals surface area (Å²) in [5.41, 5.74) is 7.71. The number of hydrogen-bond donors (Lipinski definition) is 2. The third-order valence-corrected chi connectivity index (χ3v) is 3.46. The number of aliphatic imine (C=N–C) groups is 1. The average Bonchev–Trinajstić information content (AvgIpc) is 2.85. The van der Waals surface area contributed by atoms with E-state index in [0.717, 1.165) is 23.4 Å². The fourth-order valence-corrected chi connectivity index (χ4v) is 2.27. The molecule has 0 bridgehead atoms. The molecule has 0 atom stereocenters. The van der Waals surface area contributed by atoms with Gasteiger partial charge < -0.3 is 25.3 Å². The van der Waals surface area contributed by atoms with E-state index in [0.29, 0.717) is 37.3 Å². The van der Waals surface area contributed by atoms with Gasteiger partial charge in [-0.1, -0.05) is 0 Å². The summed E-state index contributed by atoms with van der Waals surface area (Å²) in [5.74, 6) is 2.33. The second kappa shape index (κ2) is 7.54. The maximum absolute atomic E-state index is 5.95. The summed E-state index contributed by atoms with van der Waals surface area (Å²) in [4.78, 5) is 8.38. The summed E-state index contributed by atoms with van der Waals surface area (Å²) >= 11 is 0. The monoisotopic (exact) mass is 328 g/mol. The molecule has 1 aliphatic heterocycles. The molecular formula is C17H20N4O3. The Morgan fingerprint density at radius 1 is 1.25 bits per heavy atom. The Bertz CT molecular complexity index is 734. The predicted octanol–water partition coefficient (Wildman–Crippen LogP) is 2.18. The lowest BCUT2D eigenvalue weighted by Gasteiger charge is -2.10. The van der Waals surface area contributed by atoms with Crippen LogP contribution in [-0.2, 0) is 6.54 Å². The van der Waals surface area contributed by atoms with Crippen LogP contribution in [0.15, 0.2) is 41.5 Å². The molecule has 1 aromatic carbocycles. The van der Waals surface area contributed by atoms with Gasteiger partial charge in [0.25, 0.3) is 0 Å². The largest absolute Gasteiger partial charge is 0.490 e. The Kier molecular flexibility index (Phi) is 5.00. The van der Waals surface area contributed by atoms with Gasteiger partial charge in [0, 0.05) is 30.4 Å². The van der Waals surface area contributed by atoms with Crippen LogP contribution < -0.4 is 25.3 Å². The fourth-order valence-electron chi connectivity index (χ4n) is 2.27. The molecule has 0 fully saturated rings.